The first-order valence-electron chi connectivity index (χ1n) is 11.3. The number of carbonyl (C=O) groups excluding carboxylic acids is 2. The fourth-order valence-corrected chi connectivity index (χ4v) is 3.41. The van der Waals surface area contributed by atoms with E-state index in [2.05, 4.69) is 10.3 Å². The second-order valence-corrected chi connectivity index (χ2v) is 10.0. The van der Waals surface area contributed by atoms with Crippen molar-refractivity contribution >= 4 is 29.3 Å². The Kier molecular flexibility index (Phi) is 9.70. The highest BCUT2D eigenvalue weighted by molar-refractivity contribution is 6.31. The maximum atomic E-state index is 12.8. The quantitative estimate of drug-likeness (QED) is 0.495. The van der Waals surface area contributed by atoms with Crippen molar-refractivity contribution in [3.63, 3.8) is 0 Å². The molecule has 1 aromatic carbocycles. The molecule has 8 nitrogen and oxygen atoms in total. The van der Waals surface area contributed by atoms with Gasteiger partial charge in [0.05, 0.1) is 12.2 Å². The van der Waals surface area contributed by atoms with E-state index in [1.807, 2.05) is 34.6 Å². The Morgan fingerprint density at radius 2 is 1.79 bits per heavy atom. The molecule has 34 heavy (non-hydrogen) atoms. The van der Waals surface area contributed by atoms with Crippen LogP contribution in [-0.4, -0.2) is 47.8 Å². The summed E-state index contributed by atoms with van der Waals surface area (Å²) in [4.78, 5) is 31.0. The molecular formula is C25H35ClN4O4. The van der Waals surface area contributed by atoms with E-state index < -0.39 is 17.2 Å². The second-order valence-electron chi connectivity index (χ2n) is 9.59. The number of carbonyl (C=O) groups is 2. The van der Waals surface area contributed by atoms with E-state index in [4.69, 9.17) is 26.8 Å². The molecule has 186 valence electrons. The topological polar surface area (TPSA) is 107 Å². The fraction of sp³-hybridized carbons (Fsp3) is 0.480. The summed E-state index contributed by atoms with van der Waals surface area (Å²) in [6, 6.07) is 8.29. The van der Waals surface area contributed by atoms with Crippen LogP contribution in [0.2, 0.25) is 5.02 Å². The Balaban J connectivity index is 2.09. The number of anilines is 1. The third-order valence-corrected chi connectivity index (χ3v) is 4.98. The standard InChI is InChI=1S/C25H35ClN4O4/c1-24(2,3)34-23(32)30(20-7-11-28-12-8-20)13-14-33-21-16-18(15-19(26)17-21)22(31)29-25(4,5)9-6-10-27/h7-8,11-12,15-17H,6,9-10,13-14,27H2,1-5H3,(H,29,31). The minimum Gasteiger partial charge on any atom is -0.492 e. The fourth-order valence-electron chi connectivity index (χ4n) is 3.18. The Hall–Kier alpha value is -2.84. The van der Waals surface area contributed by atoms with Gasteiger partial charge in [-0.3, -0.25) is 14.7 Å². The van der Waals surface area contributed by atoms with Crippen molar-refractivity contribution in [2.75, 3.05) is 24.6 Å². The van der Waals surface area contributed by atoms with Gasteiger partial charge in [0.15, 0.2) is 0 Å². The number of amides is 2. The highest BCUT2D eigenvalue weighted by Crippen LogP contribution is 2.23. The first kappa shape index (κ1) is 27.4. The van der Waals surface area contributed by atoms with E-state index in [-0.39, 0.29) is 19.1 Å². The molecule has 2 aromatic rings. The van der Waals surface area contributed by atoms with Crippen LogP contribution in [0.1, 0.15) is 57.8 Å². The number of benzene rings is 1. The van der Waals surface area contributed by atoms with E-state index in [0.29, 0.717) is 28.6 Å². The van der Waals surface area contributed by atoms with Gasteiger partial charge >= 0.3 is 6.09 Å². The van der Waals surface area contributed by atoms with Gasteiger partial charge in [0.25, 0.3) is 5.91 Å². The molecule has 0 spiro atoms. The lowest BCUT2D eigenvalue weighted by atomic mass is 9.97. The summed E-state index contributed by atoms with van der Waals surface area (Å²) < 4.78 is 11.4. The third-order valence-electron chi connectivity index (χ3n) is 4.76. The molecule has 0 aliphatic heterocycles. The molecular weight excluding hydrogens is 456 g/mol. The molecule has 0 aliphatic carbocycles. The smallest absolute Gasteiger partial charge is 0.414 e. The van der Waals surface area contributed by atoms with E-state index in [9.17, 15) is 9.59 Å². The number of hydrogen-bond acceptors (Lipinski definition) is 6. The summed E-state index contributed by atoms with van der Waals surface area (Å²) in [6.45, 7) is 10.3. The molecule has 0 fully saturated rings. The average Bonchev–Trinajstić information content (AvgIpc) is 2.74. The number of nitrogens with two attached hydrogens (primary N) is 1. The molecule has 1 heterocycles. The predicted molar refractivity (Wildman–Crippen MR) is 135 cm³/mol. The number of aromatic nitrogens is 1. The molecule has 3 N–H and O–H groups in total. The van der Waals surface area contributed by atoms with Crippen molar-refractivity contribution in [1.82, 2.24) is 10.3 Å². The Morgan fingerprint density at radius 3 is 2.41 bits per heavy atom. The number of halogens is 1. The highest BCUT2D eigenvalue weighted by atomic mass is 35.5. The maximum Gasteiger partial charge on any atom is 0.414 e. The SMILES string of the molecule is CC(C)(CCCN)NC(=O)c1cc(Cl)cc(OCCN(C(=O)OC(C)(C)C)c2ccncc2)c1. The van der Waals surface area contributed by atoms with Crippen molar-refractivity contribution in [2.45, 2.75) is 58.6 Å². The van der Waals surface area contributed by atoms with Crippen LogP contribution in [0.3, 0.4) is 0 Å². The molecule has 0 saturated heterocycles. The summed E-state index contributed by atoms with van der Waals surface area (Å²) in [5, 5.41) is 3.39. The van der Waals surface area contributed by atoms with E-state index in [1.165, 1.54) is 4.90 Å². The zero-order valence-electron chi connectivity index (χ0n) is 20.6. The summed E-state index contributed by atoms with van der Waals surface area (Å²) in [5.74, 6) is 0.179. The second kappa shape index (κ2) is 12.0. The zero-order chi connectivity index (χ0) is 25.4. The monoisotopic (exact) mass is 490 g/mol. The number of ether oxygens (including phenoxy) is 2. The first-order valence-corrected chi connectivity index (χ1v) is 11.6. The molecule has 0 saturated carbocycles. The minimum atomic E-state index is -0.642. The summed E-state index contributed by atoms with van der Waals surface area (Å²) in [5.41, 5.74) is 5.57. The van der Waals surface area contributed by atoms with Gasteiger partial charge in [0.2, 0.25) is 0 Å². The van der Waals surface area contributed by atoms with Gasteiger partial charge in [-0.15, -0.1) is 0 Å². The molecule has 0 atom stereocenters. The molecule has 0 bridgehead atoms. The van der Waals surface area contributed by atoms with E-state index in [0.717, 1.165) is 12.8 Å². The summed E-state index contributed by atoms with van der Waals surface area (Å²) >= 11 is 6.24. The molecule has 1 aromatic heterocycles. The number of nitrogens with zero attached hydrogens (tertiary/aromatic N) is 2. The van der Waals surface area contributed by atoms with Gasteiger partial charge in [0, 0.05) is 28.5 Å². The van der Waals surface area contributed by atoms with Crippen molar-refractivity contribution in [1.29, 1.82) is 0 Å². The van der Waals surface area contributed by atoms with Crippen LogP contribution < -0.4 is 20.7 Å². The van der Waals surface area contributed by atoms with Gasteiger partial charge in [-0.2, -0.15) is 0 Å². The van der Waals surface area contributed by atoms with Gasteiger partial charge < -0.3 is 20.5 Å². The Bertz CT molecular complexity index is 961. The van der Waals surface area contributed by atoms with Gasteiger partial charge in [-0.05, 0) is 84.3 Å². The lowest BCUT2D eigenvalue weighted by molar-refractivity contribution is 0.0575. The zero-order valence-corrected chi connectivity index (χ0v) is 21.3. The van der Waals surface area contributed by atoms with Crippen LogP contribution in [-0.2, 0) is 4.74 Å². The van der Waals surface area contributed by atoms with Gasteiger partial charge in [-0.1, -0.05) is 11.6 Å². The summed E-state index contributed by atoms with van der Waals surface area (Å²) in [6.07, 6.45) is 4.28. The van der Waals surface area contributed by atoms with Crippen LogP contribution in [0.25, 0.3) is 0 Å². The van der Waals surface area contributed by atoms with Crippen LogP contribution in [0.5, 0.6) is 5.75 Å². The van der Waals surface area contributed by atoms with Crippen LogP contribution in [0.4, 0.5) is 10.5 Å². The number of hydrogen-bond donors (Lipinski definition) is 2. The average molecular weight is 491 g/mol. The molecule has 2 amide bonds. The lowest BCUT2D eigenvalue weighted by Gasteiger charge is -2.27. The third kappa shape index (κ3) is 9.19. The summed E-state index contributed by atoms with van der Waals surface area (Å²) in [7, 11) is 0. The van der Waals surface area contributed by atoms with E-state index in [1.54, 1.807) is 42.7 Å². The Labute approximate surface area is 206 Å². The van der Waals surface area contributed by atoms with Crippen molar-refractivity contribution in [3.05, 3.63) is 53.3 Å². The van der Waals surface area contributed by atoms with Gasteiger partial charge in [-0.25, -0.2) is 4.79 Å². The largest absolute Gasteiger partial charge is 0.492 e. The van der Waals surface area contributed by atoms with Crippen molar-refractivity contribution in [3.8, 4) is 5.75 Å². The minimum absolute atomic E-state index is 0.158. The molecule has 0 aliphatic rings. The van der Waals surface area contributed by atoms with Crippen molar-refractivity contribution < 1.29 is 19.1 Å². The van der Waals surface area contributed by atoms with Crippen LogP contribution in [0, 0.1) is 0 Å². The normalized spacial score (nSPS) is 11.6. The predicted octanol–water partition coefficient (Wildman–Crippen LogP) is 4.80. The van der Waals surface area contributed by atoms with Crippen molar-refractivity contribution in [2.24, 2.45) is 5.73 Å². The molecule has 2 rings (SSSR count). The van der Waals surface area contributed by atoms with Gasteiger partial charge in [0.1, 0.15) is 18.0 Å². The lowest BCUT2D eigenvalue weighted by Crippen LogP contribution is -2.43. The van der Waals surface area contributed by atoms with Crippen LogP contribution >= 0.6 is 11.6 Å². The molecule has 0 radical (unpaired) electrons. The van der Waals surface area contributed by atoms with Crippen LogP contribution in [0.15, 0.2) is 42.7 Å². The Morgan fingerprint density at radius 1 is 1.12 bits per heavy atom. The number of nitrogens with one attached hydrogen (secondary N) is 1. The maximum absolute atomic E-state index is 12.8. The molecule has 9 heteroatoms. The first-order chi connectivity index (χ1) is 15.9. The number of pyridine rings is 1. The molecule has 0 unspecified atom stereocenters. The highest BCUT2D eigenvalue weighted by Gasteiger charge is 2.24. The number of rotatable bonds is 10. The van der Waals surface area contributed by atoms with E-state index >= 15 is 0 Å².